The van der Waals surface area contributed by atoms with Crippen molar-refractivity contribution in [3.63, 3.8) is 0 Å². The van der Waals surface area contributed by atoms with Gasteiger partial charge in [-0.25, -0.2) is 4.98 Å². The summed E-state index contributed by atoms with van der Waals surface area (Å²) in [5, 5.41) is 2.64. The lowest BCUT2D eigenvalue weighted by atomic mass is 10.0. The van der Waals surface area contributed by atoms with Gasteiger partial charge in [0.1, 0.15) is 4.83 Å². The van der Waals surface area contributed by atoms with Crippen molar-refractivity contribution in [2.75, 3.05) is 0 Å². The third-order valence-electron chi connectivity index (χ3n) is 2.79. The number of nitrogens with one attached hydrogen (secondary N) is 1. The van der Waals surface area contributed by atoms with Crippen LogP contribution in [0.15, 0.2) is 39.2 Å². The summed E-state index contributed by atoms with van der Waals surface area (Å²) >= 11 is 5.02. The van der Waals surface area contributed by atoms with E-state index in [1.165, 1.54) is 17.7 Å². The SMILES string of the molecule is Cc1ccc(Br)c(-c2csc3nc[nH]c(=O)c23)c1. The Hall–Kier alpha value is -1.46. The van der Waals surface area contributed by atoms with Crippen molar-refractivity contribution in [3.8, 4) is 11.1 Å². The van der Waals surface area contributed by atoms with E-state index in [0.717, 1.165) is 26.0 Å². The van der Waals surface area contributed by atoms with Crippen molar-refractivity contribution < 1.29 is 0 Å². The Morgan fingerprint density at radius 1 is 1.33 bits per heavy atom. The first-order valence-corrected chi connectivity index (χ1v) is 7.05. The minimum absolute atomic E-state index is 0.0929. The molecule has 0 saturated heterocycles. The predicted molar refractivity (Wildman–Crippen MR) is 78.1 cm³/mol. The van der Waals surface area contributed by atoms with Crippen LogP contribution in [0.3, 0.4) is 0 Å². The first kappa shape index (κ1) is 11.6. The summed E-state index contributed by atoms with van der Waals surface area (Å²) in [4.78, 5) is 19.5. The van der Waals surface area contributed by atoms with E-state index in [0.29, 0.717) is 5.39 Å². The highest BCUT2D eigenvalue weighted by Gasteiger charge is 2.13. The number of aryl methyl sites for hydroxylation is 1. The van der Waals surface area contributed by atoms with Gasteiger partial charge in [0.15, 0.2) is 0 Å². The van der Waals surface area contributed by atoms with E-state index in [1.807, 2.05) is 24.4 Å². The standard InChI is InChI=1S/C13H9BrN2OS/c1-7-2-3-10(14)8(4-7)9-5-18-13-11(9)12(17)15-6-16-13/h2-6H,1H3,(H,15,16,17). The zero-order valence-electron chi connectivity index (χ0n) is 9.53. The zero-order valence-corrected chi connectivity index (χ0v) is 11.9. The number of hydrogen-bond donors (Lipinski definition) is 1. The number of halogens is 1. The summed E-state index contributed by atoms with van der Waals surface area (Å²) in [6.45, 7) is 2.03. The molecule has 1 N–H and O–H groups in total. The summed E-state index contributed by atoms with van der Waals surface area (Å²) in [5.74, 6) is 0. The van der Waals surface area contributed by atoms with Crippen molar-refractivity contribution in [1.82, 2.24) is 9.97 Å². The zero-order chi connectivity index (χ0) is 12.7. The molecule has 3 aromatic rings. The minimum Gasteiger partial charge on any atom is -0.313 e. The molecule has 0 atom stereocenters. The van der Waals surface area contributed by atoms with E-state index in [4.69, 9.17) is 0 Å². The van der Waals surface area contributed by atoms with Crippen LogP contribution in [0.5, 0.6) is 0 Å². The van der Waals surface area contributed by atoms with Crippen LogP contribution >= 0.6 is 27.3 Å². The van der Waals surface area contributed by atoms with Gasteiger partial charge in [-0.1, -0.05) is 33.6 Å². The Labute approximate surface area is 116 Å². The summed E-state index contributed by atoms with van der Waals surface area (Å²) in [6, 6.07) is 6.10. The Balaban J connectivity index is 2.39. The molecule has 0 bridgehead atoms. The number of aromatic amines is 1. The number of thiophene rings is 1. The monoisotopic (exact) mass is 320 g/mol. The molecule has 2 aromatic heterocycles. The number of rotatable bonds is 1. The van der Waals surface area contributed by atoms with E-state index in [-0.39, 0.29) is 5.56 Å². The number of benzene rings is 1. The topological polar surface area (TPSA) is 45.8 Å². The molecular formula is C13H9BrN2OS. The lowest BCUT2D eigenvalue weighted by Gasteiger charge is -2.04. The number of nitrogens with zero attached hydrogens (tertiary/aromatic N) is 1. The predicted octanol–water partition coefficient (Wildman–Crippen LogP) is 3.72. The normalized spacial score (nSPS) is 11.0. The molecule has 0 spiro atoms. The molecule has 1 aromatic carbocycles. The Morgan fingerprint density at radius 3 is 3.00 bits per heavy atom. The molecule has 2 heterocycles. The Bertz CT molecular complexity index is 791. The molecule has 0 aliphatic rings. The van der Waals surface area contributed by atoms with E-state index in [1.54, 1.807) is 0 Å². The molecule has 0 saturated carbocycles. The molecule has 90 valence electrons. The van der Waals surface area contributed by atoms with Gasteiger partial charge in [-0.3, -0.25) is 4.79 Å². The van der Waals surface area contributed by atoms with E-state index in [2.05, 4.69) is 32.0 Å². The number of aromatic nitrogens is 2. The summed E-state index contributed by atoms with van der Waals surface area (Å²) in [7, 11) is 0. The van der Waals surface area contributed by atoms with E-state index >= 15 is 0 Å². The van der Waals surface area contributed by atoms with Crippen LogP contribution in [0.1, 0.15) is 5.56 Å². The third kappa shape index (κ3) is 1.79. The average Bonchev–Trinajstić information content (AvgIpc) is 2.77. The number of hydrogen-bond acceptors (Lipinski definition) is 3. The van der Waals surface area contributed by atoms with Crippen molar-refractivity contribution in [1.29, 1.82) is 0 Å². The molecule has 3 rings (SSSR count). The molecule has 0 unspecified atom stereocenters. The third-order valence-corrected chi connectivity index (χ3v) is 4.37. The van der Waals surface area contributed by atoms with Crippen LogP contribution in [0, 0.1) is 6.92 Å². The minimum atomic E-state index is -0.0929. The van der Waals surface area contributed by atoms with Gasteiger partial charge >= 0.3 is 0 Å². The lowest BCUT2D eigenvalue weighted by Crippen LogP contribution is -2.05. The number of fused-ring (bicyclic) bond motifs is 1. The van der Waals surface area contributed by atoms with Crippen LogP contribution in [0.2, 0.25) is 0 Å². The smallest absolute Gasteiger partial charge is 0.260 e. The van der Waals surface area contributed by atoms with Gasteiger partial charge in [0.2, 0.25) is 0 Å². The summed E-state index contributed by atoms with van der Waals surface area (Å²) < 4.78 is 0.982. The first-order chi connectivity index (χ1) is 8.66. The molecule has 0 amide bonds. The van der Waals surface area contributed by atoms with Crippen LogP contribution in [-0.4, -0.2) is 9.97 Å². The molecule has 0 aliphatic heterocycles. The van der Waals surface area contributed by atoms with Crippen molar-refractivity contribution in [2.45, 2.75) is 6.92 Å². The van der Waals surface area contributed by atoms with Crippen LogP contribution in [-0.2, 0) is 0 Å². The maximum Gasteiger partial charge on any atom is 0.260 e. The lowest BCUT2D eigenvalue weighted by molar-refractivity contribution is 1.18. The molecule has 0 fully saturated rings. The maximum absolute atomic E-state index is 11.9. The fourth-order valence-electron chi connectivity index (χ4n) is 1.93. The van der Waals surface area contributed by atoms with Gasteiger partial charge in [0.05, 0.1) is 11.7 Å². The Morgan fingerprint density at radius 2 is 2.17 bits per heavy atom. The highest BCUT2D eigenvalue weighted by atomic mass is 79.9. The molecule has 5 heteroatoms. The second kappa shape index (κ2) is 4.33. The van der Waals surface area contributed by atoms with E-state index in [9.17, 15) is 4.79 Å². The summed E-state index contributed by atoms with van der Waals surface area (Å²) in [6.07, 6.45) is 1.44. The molecular weight excluding hydrogens is 312 g/mol. The van der Waals surface area contributed by atoms with Crippen LogP contribution in [0.25, 0.3) is 21.3 Å². The van der Waals surface area contributed by atoms with Crippen LogP contribution in [0.4, 0.5) is 0 Å². The highest BCUT2D eigenvalue weighted by Crippen LogP contribution is 2.35. The fraction of sp³-hybridized carbons (Fsp3) is 0.0769. The maximum atomic E-state index is 11.9. The second-order valence-corrected chi connectivity index (χ2v) is 5.76. The van der Waals surface area contributed by atoms with Crippen molar-refractivity contribution >= 4 is 37.5 Å². The van der Waals surface area contributed by atoms with Gasteiger partial charge < -0.3 is 4.98 Å². The average molecular weight is 321 g/mol. The fourth-order valence-corrected chi connectivity index (χ4v) is 3.30. The quantitative estimate of drug-likeness (QED) is 0.742. The molecule has 3 nitrogen and oxygen atoms in total. The van der Waals surface area contributed by atoms with Gasteiger partial charge in [-0.05, 0) is 18.6 Å². The van der Waals surface area contributed by atoms with Crippen molar-refractivity contribution in [3.05, 3.63) is 50.3 Å². The molecule has 0 aliphatic carbocycles. The molecule has 0 radical (unpaired) electrons. The van der Waals surface area contributed by atoms with Crippen molar-refractivity contribution in [2.24, 2.45) is 0 Å². The second-order valence-electron chi connectivity index (χ2n) is 4.04. The summed E-state index contributed by atoms with van der Waals surface area (Å²) in [5.41, 5.74) is 3.03. The highest BCUT2D eigenvalue weighted by molar-refractivity contribution is 9.10. The van der Waals surface area contributed by atoms with Gasteiger partial charge in [0, 0.05) is 15.4 Å². The van der Waals surface area contributed by atoms with Gasteiger partial charge in [-0.2, -0.15) is 0 Å². The van der Waals surface area contributed by atoms with Gasteiger partial charge in [0.25, 0.3) is 5.56 Å². The Kier molecular flexibility index (Phi) is 2.80. The van der Waals surface area contributed by atoms with E-state index < -0.39 is 0 Å². The van der Waals surface area contributed by atoms with Gasteiger partial charge in [-0.15, -0.1) is 11.3 Å². The molecule has 18 heavy (non-hydrogen) atoms. The van der Waals surface area contributed by atoms with Crippen LogP contribution < -0.4 is 5.56 Å². The number of H-pyrrole nitrogens is 1. The largest absolute Gasteiger partial charge is 0.313 e. The first-order valence-electron chi connectivity index (χ1n) is 5.38.